The Kier molecular flexibility index (Phi) is 4.44. The van der Waals surface area contributed by atoms with E-state index in [1.165, 1.54) is 0 Å². The lowest BCUT2D eigenvalue weighted by atomic mass is 9.98. The van der Waals surface area contributed by atoms with E-state index in [-0.39, 0.29) is 28.0 Å². The fraction of sp³-hybridized carbons (Fsp3) is 0.300. The molecule has 0 amide bonds. The van der Waals surface area contributed by atoms with Crippen molar-refractivity contribution < 1.29 is 9.90 Å². The van der Waals surface area contributed by atoms with Crippen molar-refractivity contribution in [2.24, 2.45) is 0 Å². The second-order valence-electron chi connectivity index (χ2n) is 3.42. The zero-order valence-electron chi connectivity index (χ0n) is 8.22. The van der Waals surface area contributed by atoms with Crippen LogP contribution in [0.1, 0.15) is 21.5 Å². The van der Waals surface area contributed by atoms with Gasteiger partial charge in [-0.05, 0) is 30.2 Å². The highest BCUT2D eigenvalue weighted by Crippen LogP contribution is 2.32. The van der Waals surface area contributed by atoms with Crippen LogP contribution in [0.15, 0.2) is 6.07 Å². The zero-order valence-corrected chi connectivity index (χ0v) is 10.5. The summed E-state index contributed by atoms with van der Waals surface area (Å²) in [5.74, 6) is -1.08. The van der Waals surface area contributed by atoms with E-state index in [1.54, 1.807) is 6.07 Å². The Balaban J connectivity index is 0.00000128. The van der Waals surface area contributed by atoms with Gasteiger partial charge < -0.3 is 10.4 Å². The Hall–Kier alpha value is -0.480. The maximum Gasteiger partial charge on any atom is 0.338 e. The highest BCUT2D eigenvalue weighted by atomic mass is 35.5. The van der Waals surface area contributed by atoms with Gasteiger partial charge in [0.25, 0.3) is 0 Å². The van der Waals surface area contributed by atoms with Crippen LogP contribution < -0.4 is 5.32 Å². The molecular formula is C10H10Cl3NO2. The van der Waals surface area contributed by atoms with Gasteiger partial charge in [-0.25, -0.2) is 4.79 Å². The van der Waals surface area contributed by atoms with Gasteiger partial charge in [-0.15, -0.1) is 12.4 Å². The van der Waals surface area contributed by atoms with Crippen LogP contribution in [0, 0.1) is 0 Å². The summed E-state index contributed by atoms with van der Waals surface area (Å²) in [6.07, 6.45) is 0.742. The summed E-state index contributed by atoms with van der Waals surface area (Å²) < 4.78 is 0. The van der Waals surface area contributed by atoms with E-state index in [1.807, 2.05) is 0 Å². The summed E-state index contributed by atoms with van der Waals surface area (Å²) in [7, 11) is 0. The van der Waals surface area contributed by atoms with Crippen molar-refractivity contribution in [3.8, 4) is 0 Å². The molecule has 88 valence electrons. The molecule has 6 heteroatoms. The number of hydrogen-bond acceptors (Lipinski definition) is 2. The number of halogens is 3. The molecule has 0 unspecified atom stereocenters. The molecule has 0 aromatic heterocycles. The minimum absolute atomic E-state index is 0. The van der Waals surface area contributed by atoms with Crippen LogP contribution in [0.3, 0.4) is 0 Å². The van der Waals surface area contributed by atoms with Gasteiger partial charge in [0.2, 0.25) is 0 Å². The number of rotatable bonds is 1. The highest BCUT2D eigenvalue weighted by molar-refractivity contribution is 6.39. The standard InChI is InChI=1S/C10H9Cl2NO2.ClH/c11-7-3-5-4-13-2-1-6(5)9(12)8(7)10(14)15;/h3,13H,1-2,4H2,(H,14,15);1H. The molecule has 1 aliphatic rings. The molecular weight excluding hydrogens is 272 g/mol. The van der Waals surface area contributed by atoms with Crippen LogP contribution in [-0.2, 0) is 13.0 Å². The Morgan fingerprint density at radius 3 is 2.75 bits per heavy atom. The molecule has 2 N–H and O–H groups in total. The summed E-state index contributed by atoms with van der Waals surface area (Å²) in [6, 6.07) is 1.68. The van der Waals surface area contributed by atoms with Crippen LogP contribution >= 0.6 is 35.6 Å². The Morgan fingerprint density at radius 1 is 1.44 bits per heavy atom. The number of nitrogens with one attached hydrogen (secondary N) is 1. The molecule has 1 aromatic carbocycles. The van der Waals surface area contributed by atoms with E-state index in [0.717, 1.165) is 24.1 Å². The van der Waals surface area contributed by atoms with Gasteiger partial charge in [0, 0.05) is 6.54 Å². The Morgan fingerprint density at radius 2 is 2.12 bits per heavy atom. The first-order valence-electron chi connectivity index (χ1n) is 4.55. The molecule has 2 rings (SSSR count). The van der Waals surface area contributed by atoms with Gasteiger partial charge in [-0.1, -0.05) is 23.2 Å². The van der Waals surface area contributed by atoms with E-state index in [9.17, 15) is 4.79 Å². The van der Waals surface area contributed by atoms with Crippen LogP contribution in [0.2, 0.25) is 10.0 Å². The smallest absolute Gasteiger partial charge is 0.338 e. The van der Waals surface area contributed by atoms with Crippen LogP contribution in [0.4, 0.5) is 0 Å². The molecule has 0 bridgehead atoms. The van der Waals surface area contributed by atoms with Gasteiger partial charge in [0.15, 0.2) is 0 Å². The maximum atomic E-state index is 10.9. The number of benzene rings is 1. The fourth-order valence-electron chi connectivity index (χ4n) is 1.77. The number of carbonyl (C=O) groups is 1. The number of fused-ring (bicyclic) bond motifs is 1. The Labute approximate surface area is 109 Å². The van der Waals surface area contributed by atoms with Gasteiger partial charge in [-0.3, -0.25) is 0 Å². The lowest BCUT2D eigenvalue weighted by Gasteiger charge is -2.20. The van der Waals surface area contributed by atoms with E-state index >= 15 is 0 Å². The lowest BCUT2D eigenvalue weighted by molar-refractivity contribution is 0.0697. The Bertz CT molecular complexity index is 435. The van der Waals surface area contributed by atoms with Gasteiger partial charge in [0.05, 0.1) is 15.6 Å². The van der Waals surface area contributed by atoms with Crippen molar-refractivity contribution >= 4 is 41.6 Å². The van der Waals surface area contributed by atoms with Gasteiger partial charge in [0.1, 0.15) is 0 Å². The normalized spacial score (nSPS) is 13.9. The van der Waals surface area contributed by atoms with E-state index in [0.29, 0.717) is 6.54 Å². The summed E-state index contributed by atoms with van der Waals surface area (Å²) >= 11 is 11.9. The van der Waals surface area contributed by atoms with Crippen LogP contribution in [-0.4, -0.2) is 17.6 Å². The zero-order chi connectivity index (χ0) is 11.0. The molecule has 0 saturated carbocycles. The molecule has 1 heterocycles. The van der Waals surface area contributed by atoms with Gasteiger partial charge in [-0.2, -0.15) is 0 Å². The molecule has 0 saturated heterocycles. The number of hydrogen-bond donors (Lipinski definition) is 2. The number of carboxylic acids is 1. The van der Waals surface area contributed by atoms with Crippen molar-refractivity contribution in [1.29, 1.82) is 0 Å². The molecule has 0 atom stereocenters. The minimum Gasteiger partial charge on any atom is -0.478 e. The average Bonchev–Trinajstić information content (AvgIpc) is 2.17. The highest BCUT2D eigenvalue weighted by Gasteiger charge is 2.21. The predicted molar refractivity (Wildman–Crippen MR) is 66.1 cm³/mol. The fourth-order valence-corrected chi connectivity index (χ4v) is 2.52. The molecule has 1 aromatic rings. The minimum atomic E-state index is -1.08. The molecule has 3 nitrogen and oxygen atoms in total. The maximum absolute atomic E-state index is 10.9. The third-order valence-corrected chi connectivity index (χ3v) is 3.21. The third kappa shape index (κ3) is 2.28. The topological polar surface area (TPSA) is 49.3 Å². The largest absolute Gasteiger partial charge is 0.478 e. The molecule has 0 fully saturated rings. The van der Waals surface area contributed by atoms with Crippen molar-refractivity contribution in [3.05, 3.63) is 32.8 Å². The van der Waals surface area contributed by atoms with Crippen molar-refractivity contribution in [2.45, 2.75) is 13.0 Å². The van der Waals surface area contributed by atoms with Crippen molar-refractivity contribution in [2.75, 3.05) is 6.54 Å². The quantitative estimate of drug-likeness (QED) is 0.833. The average molecular weight is 283 g/mol. The number of aromatic carboxylic acids is 1. The lowest BCUT2D eigenvalue weighted by Crippen LogP contribution is -2.24. The van der Waals surface area contributed by atoms with Crippen LogP contribution in [0.25, 0.3) is 0 Å². The summed E-state index contributed by atoms with van der Waals surface area (Å²) in [5.41, 5.74) is 1.90. The second kappa shape index (κ2) is 5.23. The molecule has 0 aliphatic carbocycles. The summed E-state index contributed by atoms with van der Waals surface area (Å²) in [6.45, 7) is 1.50. The second-order valence-corrected chi connectivity index (χ2v) is 4.20. The molecule has 1 aliphatic heterocycles. The first-order valence-corrected chi connectivity index (χ1v) is 5.30. The summed E-state index contributed by atoms with van der Waals surface area (Å²) in [4.78, 5) is 10.9. The predicted octanol–water partition coefficient (Wildman–Crippen LogP) is 2.76. The monoisotopic (exact) mass is 281 g/mol. The molecule has 16 heavy (non-hydrogen) atoms. The van der Waals surface area contributed by atoms with E-state index in [2.05, 4.69) is 5.32 Å². The van der Waals surface area contributed by atoms with E-state index < -0.39 is 5.97 Å². The molecule has 0 radical (unpaired) electrons. The summed E-state index contributed by atoms with van der Waals surface area (Å²) in [5, 5.41) is 12.6. The SMILES string of the molecule is Cl.O=C(O)c1c(Cl)cc2c(c1Cl)CCNC2. The molecule has 0 spiro atoms. The third-order valence-electron chi connectivity index (χ3n) is 2.49. The van der Waals surface area contributed by atoms with Crippen molar-refractivity contribution in [3.63, 3.8) is 0 Å². The first kappa shape index (κ1) is 13.6. The van der Waals surface area contributed by atoms with E-state index in [4.69, 9.17) is 28.3 Å². The van der Waals surface area contributed by atoms with Crippen LogP contribution in [0.5, 0.6) is 0 Å². The van der Waals surface area contributed by atoms with Crippen molar-refractivity contribution in [1.82, 2.24) is 5.32 Å². The van der Waals surface area contributed by atoms with Gasteiger partial charge >= 0.3 is 5.97 Å². The first-order chi connectivity index (χ1) is 7.11. The number of carboxylic acid groups (broad SMARTS) is 1.